The molecule has 0 saturated heterocycles. The molecule has 0 spiro atoms. The molecule has 0 fully saturated rings. The van der Waals surface area contributed by atoms with E-state index in [1.54, 1.807) is 14.2 Å². The number of benzene rings is 1. The molecule has 7 nitrogen and oxygen atoms in total. The van der Waals surface area contributed by atoms with E-state index in [4.69, 9.17) is 4.74 Å². The van der Waals surface area contributed by atoms with Gasteiger partial charge in [0.1, 0.15) is 5.75 Å². The molecule has 2 N–H and O–H groups in total. The molecule has 0 atom stereocenters. The van der Waals surface area contributed by atoms with Crippen LogP contribution in [0.15, 0.2) is 22.7 Å². The Labute approximate surface area is 131 Å². The lowest BCUT2D eigenvalue weighted by Gasteiger charge is -2.13. The first-order valence-corrected chi connectivity index (χ1v) is 7.04. The minimum absolute atomic E-state index is 0.461. The predicted octanol–water partition coefficient (Wildman–Crippen LogP) is 2.49. The van der Waals surface area contributed by atoms with Crippen LogP contribution < -0.4 is 20.3 Å². The molecule has 21 heavy (non-hydrogen) atoms. The first-order valence-electron chi connectivity index (χ1n) is 6.25. The van der Waals surface area contributed by atoms with Gasteiger partial charge < -0.3 is 20.3 Å². The smallest absolute Gasteiger partial charge is 0.233 e. The second-order valence-corrected chi connectivity index (χ2v) is 5.26. The Bertz CT molecular complexity index is 634. The lowest BCUT2D eigenvalue weighted by Crippen LogP contribution is -2.15. The molecule has 0 aliphatic carbocycles. The van der Waals surface area contributed by atoms with Gasteiger partial charge in [0.2, 0.25) is 17.8 Å². The topological polar surface area (TPSA) is 75.2 Å². The van der Waals surface area contributed by atoms with Crippen LogP contribution in [0.3, 0.4) is 0 Å². The third-order valence-corrected chi connectivity index (χ3v) is 3.31. The van der Waals surface area contributed by atoms with Crippen LogP contribution >= 0.6 is 15.9 Å². The monoisotopic (exact) mass is 352 g/mol. The SMILES string of the molecule is CNc1nc(Nc2ccc(Br)c(OC)c2)nc(N(C)C)n1. The number of anilines is 4. The Hall–Kier alpha value is -2.09. The fourth-order valence-corrected chi connectivity index (χ4v) is 2.01. The average molecular weight is 353 g/mol. The maximum absolute atomic E-state index is 5.27. The summed E-state index contributed by atoms with van der Waals surface area (Å²) in [5.41, 5.74) is 0.827. The Morgan fingerprint density at radius 1 is 1.14 bits per heavy atom. The summed E-state index contributed by atoms with van der Waals surface area (Å²) in [6.45, 7) is 0. The van der Waals surface area contributed by atoms with Gasteiger partial charge in [-0.05, 0) is 28.1 Å². The molecule has 2 rings (SSSR count). The Morgan fingerprint density at radius 3 is 2.48 bits per heavy atom. The summed E-state index contributed by atoms with van der Waals surface area (Å²) in [5, 5.41) is 6.07. The van der Waals surface area contributed by atoms with Crippen LogP contribution in [0.2, 0.25) is 0 Å². The van der Waals surface area contributed by atoms with Gasteiger partial charge >= 0.3 is 0 Å². The fourth-order valence-electron chi connectivity index (χ4n) is 1.60. The van der Waals surface area contributed by atoms with E-state index in [1.165, 1.54) is 0 Å². The second-order valence-electron chi connectivity index (χ2n) is 4.40. The highest BCUT2D eigenvalue weighted by molar-refractivity contribution is 9.10. The highest BCUT2D eigenvalue weighted by Crippen LogP contribution is 2.29. The maximum atomic E-state index is 5.27. The van der Waals surface area contributed by atoms with Gasteiger partial charge in [0.25, 0.3) is 0 Å². The van der Waals surface area contributed by atoms with Crippen molar-refractivity contribution in [3.8, 4) is 5.75 Å². The normalized spacial score (nSPS) is 10.1. The molecule has 0 radical (unpaired) electrons. The zero-order valence-corrected chi connectivity index (χ0v) is 13.9. The number of nitrogens with one attached hydrogen (secondary N) is 2. The predicted molar refractivity (Wildman–Crippen MR) is 87.7 cm³/mol. The summed E-state index contributed by atoms with van der Waals surface area (Å²) in [7, 11) is 7.14. The highest BCUT2D eigenvalue weighted by atomic mass is 79.9. The lowest BCUT2D eigenvalue weighted by atomic mass is 10.3. The van der Waals surface area contributed by atoms with Crippen LogP contribution in [0.25, 0.3) is 0 Å². The minimum Gasteiger partial charge on any atom is -0.495 e. The molecule has 0 unspecified atom stereocenters. The molecule has 1 aromatic carbocycles. The van der Waals surface area contributed by atoms with Gasteiger partial charge in [-0.1, -0.05) is 0 Å². The molecule has 2 aromatic rings. The first-order chi connectivity index (χ1) is 10.0. The van der Waals surface area contributed by atoms with Crippen LogP contribution in [0.4, 0.5) is 23.5 Å². The minimum atomic E-state index is 0.461. The van der Waals surface area contributed by atoms with Gasteiger partial charge in [-0.3, -0.25) is 0 Å². The zero-order chi connectivity index (χ0) is 15.4. The average Bonchev–Trinajstić information content (AvgIpc) is 2.48. The molecule has 0 bridgehead atoms. The molecular weight excluding hydrogens is 336 g/mol. The summed E-state index contributed by atoms with van der Waals surface area (Å²) in [6.07, 6.45) is 0. The van der Waals surface area contributed by atoms with Crippen molar-refractivity contribution in [2.45, 2.75) is 0 Å². The van der Waals surface area contributed by atoms with E-state index in [9.17, 15) is 0 Å². The number of rotatable bonds is 5. The van der Waals surface area contributed by atoms with E-state index in [1.807, 2.05) is 37.2 Å². The highest BCUT2D eigenvalue weighted by Gasteiger charge is 2.08. The molecule has 112 valence electrons. The van der Waals surface area contributed by atoms with Crippen LogP contribution in [0.1, 0.15) is 0 Å². The first kappa shape index (κ1) is 15.3. The van der Waals surface area contributed by atoms with E-state index in [2.05, 4.69) is 41.5 Å². The number of hydrogen-bond acceptors (Lipinski definition) is 7. The van der Waals surface area contributed by atoms with E-state index in [-0.39, 0.29) is 0 Å². The Morgan fingerprint density at radius 2 is 1.86 bits per heavy atom. The van der Waals surface area contributed by atoms with Gasteiger partial charge in [0.05, 0.1) is 11.6 Å². The quantitative estimate of drug-likeness (QED) is 0.855. The standard InChI is InChI=1S/C13H17BrN6O/c1-15-11-17-12(19-13(18-11)20(2)3)16-8-5-6-9(14)10(7-8)21-4/h5-7H,1-4H3,(H2,15,16,17,18,19). The van der Waals surface area contributed by atoms with Crippen LogP contribution in [0, 0.1) is 0 Å². The van der Waals surface area contributed by atoms with Gasteiger partial charge in [0.15, 0.2) is 0 Å². The van der Waals surface area contributed by atoms with E-state index >= 15 is 0 Å². The molecular formula is C13H17BrN6O. The molecule has 0 aliphatic heterocycles. The largest absolute Gasteiger partial charge is 0.495 e. The third-order valence-electron chi connectivity index (χ3n) is 2.65. The van der Waals surface area contributed by atoms with Crippen molar-refractivity contribution in [2.24, 2.45) is 0 Å². The van der Waals surface area contributed by atoms with Crippen LogP contribution in [-0.2, 0) is 0 Å². The zero-order valence-electron chi connectivity index (χ0n) is 12.3. The van der Waals surface area contributed by atoms with Crippen molar-refractivity contribution in [3.05, 3.63) is 22.7 Å². The molecule has 8 heteroatoms. The summed E-state index contributed by atoms with van der Waals surface area (Å²) in [5.74, 6) is 2.26. The van der Waals surface area contributed by atoms with Crippen molar-refractivity contribution in [2.75, 3.05) is 43.8 Å². The number of ether oxygens (including phenoxy) is 1. The van der Waals surface area contributed by atoms with E-state index < -0.39 is 0 Å². The van der Waals surface area contributed by atoms with Crippen molar-refractivity contribution in [1.82, 2.24) is 15.0 Å². The van der Waals surface area contributed by atoms with Crippen molar-refractivity contribution >= 4 is 39.5 Å². The van der Waals surface area contributed by atoms with Gasteiger partial charge in [-0.2, -0.15) is 15.0 Å². The van der Waals surface area contributed by atoms with Crippen LogP contribution in [0.5, 0.6) is 5.75 Å². The van der Waals surface area contributed by atoms with Gasteiger partial charge in [-0.25, -0.2) is 0 Å². The van der Waals surface area contributed by atoms with Crippen molar-refractivity contribution < 1.29 is 4.74 Å². The van der Waals surface area contributed by atoms with Crippen LogP contribution in [-0.4, -0.2) is 43.2 Å². The summed E-state index contributed by atoms with van der Waals surface area (Å²) in [6, 6.07) is 5.67. The fraction of sp³-hybridized carbons (Fsp3) is 0.308. The van der Waals surface area contributed by atoms with Gasteiger partial charge in [0, 0.05) is 32.9 Å². The number of aromatic nitrogens is 3. The molecule has 0 amide bonds. The summed E-state index contributed by atoms with van der Waals surface area (Å²) < 4.78 is 6.15. The Balaban J connectivity index is 2.32. The number of methoxy groups -OCH3 is 1. The van der Waals surface area contributed by atoms with Crippen molar-refractivity contribution in [3.63, 3.8) is 0 Å². The number of nitrogens with zero attached hydrogens (tertiary/aromatic N) is 4. The van der Waals surface area contributed by atoms with E-state index in [0.29, 0.717) is 17.8 Å². The van der Waals surface area contributed by atoms with E-state index in [0.717, 1.165) is 15.9 Å². The maximum Gasteiger partial charge on any atom is 0.233 e. The molecule has 1 aromatic heterocycles. The molecule has 0 saturated carbocycles. The van der Waals surface area contributed by atoms with Gasteiger partial charge in [-0.15, -0.1) is 0 Å². The summed E-state index contributed by atoms with van der Waals surface area (Å²) in [4.78, 5) is 14.7. The number of hydrogen-bond donors (Lipinski definition) is 2. The van der Waals surface area contributed by atoms with Crippen molar-refractivity contribution in [1.29, 1.82) is 0 Å². The molecule has 1 heterocycles. The summed E-state index contributed by atoms with van der Waals surface area (Å²) >= 11 is 3.42. The second kappa shape index (κ2) is 6.57. The third kappa shape index (κ3) is 3.72. The number of halogens is 1. The lowest BCUT2D eigenvalue weighted by molar-refractivity contribution is 0.412. The molecule has 0 aliphatic rings. The Kier molecular flexibility index (Phi) is 4.79.